The van der Waals surface area contributed by atoms with Crippen LogP contribution in [-0.4, -0.2) is 21.3 Å². The second-order valence-electron chi connectivity index (χ2n) is 3.00. The predicted molar refractivity (Wildman–Crippen MR) is 50.0 cm³/mol. The van der Waals surface area contributed by atoms with Gasteiger partial charge in [-0.05, 0) is 29.7 Å². The summed E-state index contributed by atoms with van der Waals surface area (Å²) in [6, 6.07) is 4.55. The molecular weight excluding hydrogens is 184 g/mol. The van der Waals surface area contributed by atoms with Crippen molar-refractivity contribution >= 4 is 5.97 Å². The third kappa shape index (κ3) is 2.74. The van der Waals surface area contributed by atoms with Gasteiger partial charge in [-0.25, -0.2) is 0 Å². The van der Waals surface area contributed by atoms with Gasteiger partial charge in [-0.2, -0.15) is 0 Å². The van der Waals surface area contributed by atoms with Crippen LogP contribution >= 0.6 is 0 Å². The quantitative estimate of drug-likeness (QED) is 0.668. The molecule has 1 rings (SSSR count). The second-order valence-corrected chi connectivity index (χ2v) is 3.00. The minimum Gasteiger partial charge on any atom is -0.508 e. The SMILES string of the molecule is O=C(O)CCc1ccc(O)cc1CO. The van der Waals surface area contributed by atoms with Gasteiger partial charge < -0.3 is 15.3 Å². The van der Waals surface area contributed by atoms with E-state index in [4.69, 9.17) is 15.3 Å². The van der Waals surface area contributed by atoms with Crippen molar-refractivity contribution in [2.75, 3.05) is 0 Å². The van der Waals surface area contributed by atoms with Crippen molar-refractivity contribution in [1.82, 2.24) is 0 Å². The van der Waals surface area contributed by atoms with Crippen LogP contribution in [0.2, 0.25) is 0 Å². The van der Waals surface area contributed by atoms with Crippen LogP contribution in [0.4, 0.5) is 0 Å². The number of rotatable bonds is 4. The van der Waals surface area contributed by atoms with Crippen LogP contribution in [0, 0.1) is 0 Å². The van der Waals surface area contributed by atoms with Crippen LogP contribution in [0.15, 0.2) is 18.2 Å². The first-order chi connectivity index (χ1) is 6.63. The Morgan fingerprint density at radius 2 is 2.00 bits per heavy atom. The van der Waals surface area contributed by atoms with Crippen molar-refractivity contribution < 1.29 is 20.1 Å². The van der Waals surface area contributed by atoms with Crippen molar-refractivity contribution in [3.05, 3.63) is 29.3 Å². The Labute approximate surface area is 81.4 Å². The van der Waals surface area contributed by atoms with Gasteiger partial charge in [0.25, 0.3) is 0 Å². The number of aliphatic hydroxyl groups is 1. The van der Waals surface area contributed by atoms with Crippen molar-refractivity contribution in [2.24, 2.45) is 0 Å². The highest BCUT2D eigenvalue weighted by Crippen LogP contribution is 2.17. The predicted octanol–water partition coefficient (Wildman–Crippen LogP) is 0.902. The van der Waals surface area contributed by atoms with E-state index in [1.54, 1.807) is 6.07 Å². The number of aliphatic carboxylic acids is 1. The summed E-state index contributed by atoms with van der Waals surface area (Å²) in [5, 5.41) is 26.5. The molecule has 0 aromatic heterocycles. The van der Waals surface area contributed by atoms with Gasteiger partial charge in [0.05, 0.1) is 6.61 Å². The molecule has 0 unspecified atom stereocenters. The number of carboxylic acids is 1. The Hall–Kier alpha value is -1.55. The molecule has 0 aliphatic carbocycles. The first-order valence-electron chi connectivity index (χ1n) is 4.27. The molecule has 4 heteroatoms. The molecule has 0 saturated carbocycles. The number of hydrogen-bond donors (Lipinski definition) is 3. The molecule has 0 fully saturated rings. The Morgan fingerprint density at radius 3 is 2.57 bits per heavy atom. The third-order valence-electron chi connectivity index (χ3n) is 1.97. The van der Waals surface area contributed by atoms with Gasteiger partial charge in [0.1, 0.15) is 5.75 Å². The minimum absolute atomic E-state index is 0.0256. The standard InChI is InChI=1S/C10H12O4/c11-6-8-5-9(12)3-1-7(8)2-4-10(13)14/h1,3,5,11-12H,2,4,6H2,(H,13,14). The highest BCUT2D eigenvalue weighted by molar-refractivity contribution is 5.67. The number of carboxylic acid groups (broad SMARTS) is 1. The van der Waals surface area contributed by atoms with Gasteiger partial charge in [0.15, 0.2) is 0 Å². The Kier molecular flexibility index (Phi) is 3.48. The van der Waals surface area contributed by atoms with Crippen molar-refractivity contribution in [1.29, 1.82) is 0 Å². The normalized spacial score (nSPS) is 10.1. The van der Waals surface area contributed by atoms with E-state index in [1.807, 2.05) is 0 Å². The van der Waals surface area contributed by atoms with Gasteiger partial charge in [0.2, 0.25) is 0 Å². The number of carbonyl (C=O) groups is 1. The van der Waals surface area contributed by atoms with Gasteiger partial charge in [-0.1, -0.05) is 6.07 Å². The summed E-state index contributed by atoms with van der Waals surface area (Å²) >= 11 is 0. The first-order valence-corrected chi connectivity index (χ1v) is 4.27. The van der Waals surface area contributed by atoms with Crippen LogP contribution in [0.5, 0.6) is 5.75 Å². The molecule has 0 bridgehead atoms. The average molecular weight is 196 g/mol. The van der Waals surface area contributed by atoms with E-state index < -0.39 is 5.97 Å². The number of phenolic OH excluding ortho intramolecular Hbond substituents is 1. The molecule has 0 saturated heterocycles. The molecule has 0 aliphatic rings. The Balaban J connectivity index is 2.80. The van der Waals surface area contributed by atoms with Gasteiger partial charge in [0, 0.05) is 6.42 Å². The maximum atomic E-state index is 10.3. The van der Waals surface area contributed by atoms with Gasteiger partial charge in [-0.15, -0.1) is 0 Å². The van der Waals surface area contributed by atoms with E-state index in [9.17, 15) is 4.79 Å². The Bertz CT molecular complexity index is 333. The van der Waals surface area contributed by atoms with Crippen molar-refractivity contribution in [3.8, 4) is 5.75 Å². The molecular formula is C10H12O4. The van der Waals surface area contributed by atoms with E-state index in [1.165, 1.54) is 12.1 Å². The fraction of sp³-hybridized carbons (Fsp3) is 0.300. The van der Waals surface area contributed by atoms with E-state index in [-0.39, 0.29) is 18.8 Å². The zero-order valence-corrected chi connectivity index (χ0v) is 7.60. The highest BCUT2D eigenvalue weighted by atomic mass is 16.4. The van der Waals surface area contributed by atoms with Gasteiger partial charge >= 0.3 is 5.97 Å². The van der Waals surface area contributed by atoms with E-state index in [0.29, 0.717) is 12.0 Å². The minimum atomic E-state index is -0.873. The maximum Gasteiger partial charge on any atom is 0.303 e. The average Bonchev–Trinajstić information content (AvgIpc) is 2.15. The molecule has 76 valence electrons. The summed E-state index contributed by atoms with van der Waals surface area (Å²) in [6.07, 6.45) is 0.392. The molecule has 3 N–H and O–H groups in total. The number of aromatic hydroxyl groups is 1. The molecule has 14 heavy (non-hydrogen) atoms. The van der Waals surface area contributed by atoms with Crippen molar-refractivity contribution in [2.45, 2.75) is 19.4 Å². The van der Waals surface area contributed by atoms with Crippen LogP contribution < -0.4 is 0 Å². The summed E-state index contributed by atoms with van der Waals surface area (Å²) in [6.45, 7) is -0.191. The fourth-order valence-electron chi connectivity index (χ4n) is 1.25. The molecule has 1 aromatic carbocycles. The zero-order valence-electron chi connectivity index (χ0n) is 7.60. The smallest absolute Gasteiger partial charge is 0.303 e. The molecule has 0 atom stereocenters. The third-order valence-corrected chi connectivity index (χ3v) is 1.97. The molecule has 0 aliphatic heterocycles. The highest BCUT2D eigenvalue weighted by Gasteiger charge is 2.05. The largest absolute Gasteiger partial charge is 0.508 e. The lowest BCUT2D eigenvalue weighted by Crippen LogP contribution is -2.00. The van der Waals surface area contributed by atoms with Crippen LogP contribution in [0.25, 0.3) is 0 Å². The molecule has 0 heterocycles. The van der Waals surface area contributed by atoms with E-state index in [0.717, 1.165) is 5.56 Å². The monoisotopic (exact) mass is 196 g/mol. The maximum absolute atomic E-state index is 10.3. The zero-order chi connectivity index (χ0) is 10.6. The molecule has 1 aromatic rings. The van der Waals surface area contributed by atoms with Crippen LogP contribution in [-0.2, 0) is 17.8 Å². The Morgan fingerprint density at radius 1 is 1.29 bits per heavy atom. The van der Waals surface area contributed by atoms with Crippen molar-refractivity contribution in [3.63, 3.8) is 0 Å². The lowest BCUT2D eigenvalue weighted by molar-refractivity contribution is -0.136. The topological polar surface area (TPSA) is 77.8 Å². The summed E-state index contributed by atoms with van der Waals surface area (Å²) in [4.78, 5) is 10.3. The van der Waals surface area contributed by atoms with Crippen LogP contribution in [0.1, 0.15) is 17.5 Å². The number of benzene rings is 1. The van der Waals surface area contributed by atoms with Gasteiger partial charge in [-0.3, -0.25) is 4.79 Å². The van der Waals surface area contributed by atoms with E-state index >= 15 is 0 Å². The number of hydrogen-bond acceptors (Lipinski definition) is 3. The second kappa shape index (κ2) is 4.62. The number of phenols is 1. The first kappa shape index (κ1) is 10.5. The summed E-state index contributed by atoms with van der Waals surface area (Å²) in [7, 11) is 0. The number of aliphatic hydroxyl groups excluding tert-OH is 1. The fourth-order valence-corrected chi connectivity index (χ4v) is 1.25. The summed E-state index contributed by atoms with van der Waals surface area (Å²) in [5.41, 5.74) is 1.33. The molecule has 0 amide bonds. The number of aryl methyl sites for hydroxylation is 1. The lowest BCUT2D eigenvalue weighted by Gasteiger charge is -2.06. The summed E-state index contributed by atoms with van der Waals surface area (Å²) < 4.78 is 0. The summed E-state index contributed by atoms with van der Waals surface area (Å²) in [5.74, 6) is -0.796. The van der Waals surface area contributed by atoms with Crippen LogP contribution in [0.3, 0.4) is 0 Å². The van der Waals surface area contributed by atoms with E-state index in [2.05, 4.69) is 0 Å². The molecule has 0 radical (unpaired) electrons. The molecule has 4 nitrogen and oxygen atoms in total. The lowest BCUT2D eigenvalue weighted by atomic mass is 10.0. The molecule has 0 spiro atoms.